The van der Waals surface area contributed by atoms with E-state index in [9.17, 15) is 0 Å². The van der Waals surface area contributed by atoms with Crippen LogP contribution >= 0.6 is 27.3 Å². The van der Waals surface area contributed by atoms with Crippen LogP contribution in [0.3, 0.4) is 0 Å². The first-order valence-corrected chi connectivity index (χ1v) is 9.11. The molecule has 1 aliphatic rings. The molecule has 0 fully saturated rings. The van der Waals surface area contributed by atoms with Crippen molar-refractivity contribution in [2.45, 2.75) is 31.7 Å². The van der Waals surface area contributed by atoms with E-state index in [1.54, 1.807) is 0 Å². The predicted octanol–water partition coefficient (Wildman–Crippen LogP) is 5.12. The van der Waals surface area contributed by atoms with Gasteiger partial charge >= 0.3 is 0 Å². The Balaban J connectivity index is 1.93. The van der Waals surface area contributed by atoms with Crippen molar-refractivity contribution in [3.05, 3.63) is 50.6 Å². The first kappa shape index (κ1) is 15.1. The van der Waals surface area contributed by atoms with Crippen molar-refractivity contribution >= 4 is 27.3 Å². The number of nitrogens with one attached hydrogen (secondary N) is 1. The van der Waals surface area contributed by atoms with Gasteiger partial charge in [-0.2, -0.15) is 0 Å². The Bertz CT molecular complexity index is 598. The number of benzene rings is 1. The van der Waals surface area contributed by atoms with Gasteiger partial charge in [-0.25, -0.2) is 0 Å². The van der Waals surface area contributed by atoms with Gasteiger partial charge in [0.15, 0.2) is 0 Å². The molecule has 112 valence electrons. The molecule has 0 spiro atoms. The lowest BCUT2D eigenvalue weighted by atomic mass is 9.85. The molecule has 2 heterocycles. The van der Waals surface area contributed by atoms with Crippen molar-refractivity contribution in [3.63, 3.8) is 0 Å². The summed E-state index contributed by atoms with van der Waals surface area (Å²) < 4.78 is 7.01. The Morgan fingerprint density at radius 3 is 2.95 bits per heavy atom. The number of para-hydroxylation sites is 1. The third-order valence-electron chi connectivity index (χ3n) is 3.92. The molecule has 0 aliphatic carbocycles. The highest BCUT2D eigenvalue weighted by Gasteiger charge is 2.30. The zero-order valence-corrected chi connectivity index (χ0v) is 14.5. The van der Waals surface area contributed by atoms with Crippen LogP contribution in [0.2, 0.25) is 0 Å². The molecule has 0 saturated carbocycles. The zero-order chi connectivity index (χ0) is 14.7. The van der Waals surface area contributed by atoms with Crippen LogP contribution in [0.15, 0.2) is 40.2 Å². The van der Waals surface area contributed by atoms with E-state index in [2.05, 4.69) is 64.6 Å². The fraction of sp³-hybridized carbons (Fsp3) is 0.412. The van der Waals surface area contributed by atoms with Gasteiger partial charge in [-0.05, 0) is 59.1 Å². The van der Waals surface area contributed by atoms with Crippen LogP contribution in [0.1, 0.15) is 42.2 Å². The van der Waals surface area contributed by atoms with E-state index < -0.39 is 0 Å². The molecule has 2 nitrogen and oxygen atoms in total. The number of rotatable bonds is 5. The second kappa shape index (κ2) is 6.95. The molecule has 1 aromatic carbocycles. The van der Waals surface area contributed by atoms with E-state index in [1.807, 2.05) is 11.3 Å². The standard InChI is InChI=1S/C17H20BrNOS/c1-2-10-19-17(15-7-8-16(18)21-15)13-9-11-20-14-6-4-3-5-12(13)14/h3-8,13,17,19H,2,9-11H2,1H3. The number of fused-ring (bicyclic) bond motifs is 1. The lowest BCUT2D eigenvalue weighted by Gasteiger charge is -2.32. The fourth-order valence-electron chi connectivity index (χ4n) is 2.95. The minimum absolute atomic E-state index is 0.367. The quantitative estimate of drug-likeness (QED) is 0.793. The van der Waals surface area contributed by atoms with Crippen LogP contribution in [0, 0.1) is 0 Å². The highest BCUT2D eigenvalue weighted by Crippen LogP contribution is 2.43. The van der Waals surface area contributed by atoms with Gasteiger partial charge in [0.2, 0.25) is 0 Å². The molecule has 0 radical (unpaired) electrons. The summed E-state index contributed by atoms with van der Waals surface area (Å²) in [6.07, 6.45) is 2.21. The molecular formula is C17H20BrNOS. The maximum absolute atomic E-state index is 5.82. The van der Waals surface area contributed by atoms with Gasteiger partial charge in [0.1, 0.15) is 5.75 Å². The maximum Gasteiger partial charge on any atom is 0.122 e. The SMILES string of the molecule is CCCNC(c1ccc(Br)s1)C1CCOc2ccccc21. The summed E-state index contributed by atoms with van der Waals surface area (Å²) in [5.74, 6) is 1.53. The molecule has 0 bridgehead atoms. The lowest BCUT2D eigenvalue weighted by molar-refractivity contribution is 0.246. The molecule has 1 aliphatic heterocycles. The highest BCUT2D eigenvalue weighted by atomic mass is 79.9. The number of thiophene rings is 1. The van der Waals surface area contributed by atoms with Crippen molar-refractivity contribution in [1.29, 1.82) is 0 Å². The molecule has 2 unspecified atom stereocenters. The third kappa shape index (κ3) is 3.33. The number of halogens is 1. The average molecular weight is 366 g/mol. The van der Waals surface area contributed by atoms with E-state index in [0.29, 0.717) is 12.0 Å². The van der Waals surface area contributed by atoms with E-state index >= 15 is 0 Å². The summed E-state index contributed by atoms with van der Waals surface area (Å²) in [7, 11) is 0. The highest BCUT2D eigenvalue weighted by molar-refractivity contribution is 9.11. The van der Waals surface area contributed by atoms with E-state index in [4.69, 9.17) is 4.74 Å². The molecule has 21 heavy (non-hydrogen) atoms. The van der Waals surface area contributed by atoms with E-state index in [-0.39, 0.29) is 0 Å². The third-order valence-corrected chi connectivity index (χ3v) is 5.63. The van der Waals surface area contributed by atoms with Gasteiger partial charge in [0.25, 0.3) is 0 Å². The topological polar surface area (TPSA) is 21.3 Å². The van der Waals surface area contributed by atoms with Crippen molar-refractivity contribution in [2.75, 3.05) is 13.2 Å². The summed E-state index contributed by atoms with van der Waals surface area (Å²) in [4.78, 5) is 1.40. The first-order valence-electron chi connectivity index (χ1n) is 7.50. The number of hydrogen-bond donors (Lipinski definition) is 1. The summed E-state index contributed by atoms with van der Waals surface area (Å²) >= 11 is 5.42. The van der Waals surface area contributed by atoms with Crippen LogP contribution in [0.4, 0.5) is 0 Å². The monoisotopic (exact) mass is 365 g/mol. The number of hydrogen-bond acceptors (Lipinski definition) is 3. The smallest absolute Gasteiger partial charge is 0.122 e. The molecule has 3 rings (SSSR count). The summed E-state index contributed by atoms with van der Waals surface area (Å²) in [5.41, 5.74) is 1.34. The summed E-state index contributed by atoms with van der Waals surface area (Å²) in [6.45, 7) is 4.06. The van der Waals surface area contributed by atoms with Gasteiger partial charge in [-0.15, -0.1) is 11.3 Å². The van der Waals surface area contributed by atoms with Crippen LogP contribution in [-0.4, -0.2) is 13.2 Å². The second-order valence-corrected chi connectivity index (χ2v) is 7.85. The minimum atomic E-state index is 0.367. The largest absolute Gasteiger partial charge is 0.493 e. The van der Waals surface area contributed by atoms with Crippen molar-refractivity contribution < 1.29 is 4.74 Å². The lowest BCUT2D eigenvalue weighted by Crippen LogP contribution is -2.30. The van der Waals surface area contributed by atoms with Gasteiger partial charge in [-0.1, -0.05) is 25.1 Å². The van der Waals surface area contributed by atoms with Crippen LogP contribution in [-0.2, 0) is 0 Å². The molecule has 1 N–H and O–H groups in total. The molecular weight excluding hydrogens is 346 g/mol. The Morgan fingerprint density at radius 1 is 1.33 bits per heavy atom. The van der Waals surface area contributed by atoms with Crippen molar-refractivity contribution in [2.24, 2.45) is 0 Å². The fourth-order valence-corrected chi connectivity index (χ4v) is 4.52. The zero-order valence-electron chi connectivity index (χ0n) is 12.1. The van der Waals surface area contributed by atoms with Crippen LogP contribution in [0.25, 0.3) is 0 Å². The molecule has 2 atom stereocenters. The van der Waals surface area contributed by atoms with Crippen molar-refractivity contribution in [1.82, 2.24) is 5.32 Å². The second-order valence-electron chi connectivity index (χ2n) is 5.36. The molecule has 1 aromatic heterocycles. The van der Waals surface area contributed by atoms with Gasteiger partial charge in [0, 0.05) is 16.8 Å². The van der Waals surface area contributed by atoms with Crippen LogP contribution in [0.5, 0.6) is 5.75 Å². The van der Waals surface area contributed by atoms with E-state index in [1.165, 1.54) is 14.2 Å². The summed E-state index contributed by atoms with van der Waals surface area (Å²) in [5, 5.41) is 3.74. The molecule has 4 heteroatoms. The Kier molecular flexibility index (Phi) is 4.99. The van der Waals surface area contributed by atoms with Crippen molar-refractivity contribution in [3.8, 4) is 5.75 Å². The van der Waals surface area contributed by atoms with E-state index in [0.717, 1.165) is 31.7 Å². The summed E-state index contributed by atoms with van der Waals surface area (Å²) in [6, 6.07) is 13.2. The van der Waals surface area contributed by atoms with Crippen LogP contribution < -0.4 is 10.1 Å². The Labute approximate surface area is 138 Å². The molecule has 0 saturated heterocycles. The maximum atomic E-state index is 5.82. The predicted molar refractivity (Wildman–Crippen MR) is 92.3 cm³/mol. The normalized spacial score (nSPS) is 18.9. The number of ether oxygens (including phenoxy) is 1. The first-order chi connectivity index (χ1) is 10.3. The van der Waals surface area contributed by atoms with Gasteiger partial charge in [0.05, 0.1) is 10.4 Å². The minimum Gasteiger partial charge on any atom is -0.493 e. The average Bonchev–Trinajstić information content (AvgIpc) is 2.94. The Morgan fingerprint density at radius 2 is 2.19 bits per heavy atom. The van der Waals surface area contributed by atoms with Gasteiger partial charge in [-0.3, -0.25) is 0 Å². The Hall–Kier alpha value is -0.840. The molecule has 0 amide bonds. The van der Waals surface area contributed by atoms with Gasteiger partial charge < -0.3 is 10.1 Å². The molecule has 2 aromatic rings.